The van der Waals surface area contributed by atoms with E-state index in [1.807, 2.05) is 12.1 Å². The number of aromatic nitrogens is 3. The van der Waals surface area contributed by atoms with Crippen LogP contribution in [0.1, 0.15) is 37.4 Å². The molecule has 4 aromatic rings. The Hall–Kier alpha value is -3.45. The van der Waals surface area contributed by atoms with Gasteiger partial charge in [-0.2, -0.15) is 8.75 Å². The van der Waals surface area contributed by atoms with Crippen LogP contribution in [-0.4, -0.2) is 25.3 Å². The van der Waals surface area contributed by atoms with E-state index in [2.05, 4.69) is 19.0 Å². The summed E-state index contributed by atoms with van der Waals surface area (Å²) in [5.74, 6) is -0.351. The Labute approximate surface area is 158 Å². The zero-order valence-corrected chi connectivity index (χ0v) is 14.8. The fraction of sp³-hybridized carbons (Fsp3) is 0.0500. The highest BCUT2D eigenvalue weighted by atomic mass is 32.1. The topological polar surface area (TPSA) is 84.8 Å². The quantitative estimate of drug-likeness (QED) is 0.522. The third-order valence-corrected chi connectivity index (χ3v) is 5.16. The van der Waals surface area contributed by atoms with E-state index in [0.717, 1.165) is 17.3 Å². The van der Waals surface area contributed by atoms with Gasteiger partial charge in [-0.1, -0.05) is 30.3 Å². The number of hydrogen-bond donors (Lipinski definition) is 1. The summed E-state index contributed by atoms with van der Waals surface area (Å²) in [4.78, 5) is 30.1. The predicted octanol–water partition coefficient (Wildman–Crippen LogP) is 3.47. The molecule has 2 aromatic carbocycles. The minimum Gasteiger partial charge on any atom is -0.379 e. The van der Waals surface area contributed by atoms with Gasteiger partial charge in [0, 0.05) is 35.6 Å². The minimum absolute atomic E-state index is 0.167. The highest BCUT2D eigenvalue weighted by molar-refractivity contribution is 7.00. The second-order valence-electron chi connectivity index (χ2n) is 6.23. The van der Waals surface area contributed by atoms with E-state index in [9.17, 15) is 9.59 Å². The van der Waals surface area contributed by atoms with Crippen LogP contribution in [0.4, 0.5) is 5.69 Å². The molecule has 0 radical (unpaired) electrons. The molecule has 5 rings (SSSR count). The summed E-state index contributed by atoms with van der Waals surface area (Å²) in [6.07, 6.45) is 3.49. The summed E-state index contributed by atoms with van der Waals surface area (Å²) < 4.78 is 8.65. The Morgan fingerprint density at radius 3 is 2.44 bits per heavy atom. The number of benzene rings is 2. The number of carbonyl (C=O) groups excluding carboxylic acids is 2. The molecular formula is C20H12N4O2S. The summed E-state index contributed by atoms with van der Waals surface area (Å²) in [5, 5.41) is 3.30. The third-order valence-electron chi connectivity index (χ3n) is 4.63. The lowest BCUT2D eigenvalue weighted by Gasteiger charge is -2.19. The Morgan fingerprint density at radius 2 is 1.67 bits per heavy atom. The standard InChI is InChI=1S/C20H12N4O2S/c25-19-12-5-1-2-6-13(12)20(26)16-14(19)8-15(17-18(16)24-27-23-17)22-10-11-4-3-7-21-9-11/h1-9,22H,10H2. The van der Waals surface area contributed by atoms with E-state index >= 15 is 0 Å². The zero-order chi connectivity index (χ0) is 18.4. The molecule has 0 fully saturated rings. The van der Waals surface area contributed by atoms with Gasteiger partial charge in [0.1, 0.15) is 11.0 Å². The van der Waals surface area contributed by atoms with Gasteiger partial charge < -0.3 is 5.32 Å². The summed E-state index contributed by atoms with van der Waals surface area (Å²) >= 11 is 1.03. The number of fused-ring (bicyclic) bond motifs is 4. The van der Waals surface area contributed by atoms with Crippen molar-refractivity contribution >= 4 is 40.0 Å². The van der Waals surface area contributed by atoms with Crippen molar-refractivity contribution in [3.63, 3.8) is 0 Å². The van der Waals surface area contributed by atoms with Gasteiger partial charge in [0.25, 0.3) is 0 Å². The summed E-state index contributed by atoms with van der Waals surface area (Å²) in [6.45, 7) is 0.526. The van der Waals surface area contributed by atoms with Gasteiger partial charge in [-0.25, -0.2) is 0 Å². The number of nitrogens with one attached hydrogen (secondary N) is 1. The highest BCUT2D eigenvalue weighted by Gasteiger charge is 2.33. The number of rotatable bonds is 3. The van der Waals surface area contributed by atoms with Gasteiger partial charge >= 0.3 is 0 Å². The Bertz CT molecular complexity index is 1220. The summed E-state index contributed by atoms with van der Waals surface area (Å²) in [7, 11) is 0. The first-order chi connectivity index (χ1) is 13.2. The fourth-order valence-corrected chi connectivity index (χ4v) is 3.91. The number of hydrogen-bond acceptors (Lipinski definition) is 7. The zero-order valence-electron chi connectivity index (χ0n) is 14.0. The molecule has 0 atom stereocenters. The molecule has 2 heterocycles. The van der Waals surface area contributed by atoms with Crippen molar-refractivity contribution in [2.24, 2.45) is 0 Å². The van der Waals surface area contributed by atoms with Gasteiger partial charge in [0.05, 0.1) is 23.0 Å². The molecule has 6 nitrogen and oxygen atoms in total. The van der Waals surface area contributed by atoms with Crippen LogP contribution in [-0.2, 0) is 6.54 Å². The van der Waals surface area contributed by atoms with Gasteiger partial charge in [-0.15, -0.1) is 0 Å². The first-order valence-electron chi connectivity index (χ1n) is 8.34. The molecule has 1 N–H and O–H groups in total. The van der Waals surface area contributed by atoms with Crippen LogP contribution in [0.15, 0.2) is 54.9 Å². The van der Waals surface area contributed by atoms with Crippen molar-refractivity contribution in [2.75, 3.05) is 5.32 Å². The lowest BCUT2D eigenvalue weighted by molar-refractivity contribution is 0.0980. The van der Waals surface area contributed by atoms with E-state index in [0.29, 0.717) is 45.5 Å². The van der Waals surface area contributed by atoms with E-state index < -0.39 is 0 Å². The molecule has 0 spiro atoms. The molecule has 2 aromatic heterocycles. The number of pyridine rings is 1. The van der Waals surface area contributed by atoms with Gasteiger partial charge in [-0.05, 0) is 17.7 Å². The van der Waals surface area contributed by atoms with Crippen LogP contribution in [0.3, 0.4) is 0 Å². The van der Waals surface area contributed by atoms with Crippen molar-refractivity contribution in [3.05, 3.63) is 82.7 Å². The molecule has 0 saturated heterocycles. The summed E-state index contributed by atoms with van der Waals surface area (Å²) in [6, 6.07) is 12.4. The van der Waals surface area contributed by atoms with E-state index in [-0.39, 0.29) is 11.6 Å². The lowest BCUT2D eigenvalue weighted by atomic mass is 9.83. The smallest absolute Gasteiger partial charge is 0.196 e. The van der Waals surface area contributed by atoms with Crippen LogP contribution in [0.5, 0.6) is 0 Å². The first-order valence-corrected chi connectivity index (χ1v) is 9.07. The molecule has 130 valence electrons. The molecule has 1 aliphatic carbocycles. The Morgan fingerprint density at radius 1 is 0.889 bits per heavy atom. The monoisotopic (exact) mass is 372 g/mol. The van der Waals surface area contributed by atoms with E-state index in [1.165, 1.54) is 0 Å². The molecule has 0 amide bonds. The van der Waals surface area contributed by atoms with E-state index in [4.69, 9.17) is 0 Å². The SMILES string of the molecule is O=C1c2ccccc2C(=O)c2c1cc(NCc1cccnc1)c1nsnc21. The Kier molecular flexibility index (Phi) is 3.54. The number of carbonyl (C=O) groups is 2. The molecule has 0 saturated carbocycles. The Balaban J connectivity index is 1.65. The number of anilines is 1. The minimum atomic E-state index is -0.184. The third kappa shape index (κ3) is 2.43. The average molecular weight is 372 g/mol. The fourth-order valence-electron chi connectivity index (χ4n) is 3.34. The molecule has 27 heavy (non-hydrogen) atoms. The van der Waals surface area contributed by atoms with Gasteiger partial charge in [0.15, 0.2) is 11.6 Å². The van der Waals surface area contributed by atoms with Crippen molar-refractivity contribution in [1.82, 2.24) is 13.7 Å². The van der Waals surface area contributed by atoms with Crippen molar-refractivity contribution < 1.29 is 9.59 Å². The van der Waals surface area contributed by atoms with Crippen LogP contribution < -0.4 is 5.32 Å². The van der Waals surface area contributed by atoms with Crippen LogP contribution in [0, 0.1) is 0 Å². The molecule has 1 aliphatic rings. The van der Waals surface area contributed by atoms with Crippen molar-refractivity contribution in [3.8, 4) is 0 Å². The van der Waals surface area contributed by atoms with Crippen LogP contribution in [0.25, 0.3) is 11.0 Å². The maximum absolute atomic E-state index is 13.0. The van der Waals surface area contributed by atoms with Gasteiger partial charge in [-0.3, -0.25) is 14.6 Å². The first kappa shape index (κ1) is 15.8. The van der Waals surface area contributed by atoms with Crippen molar-refractivity contribution in [2.45, 2.75) is 6.54 Å². The molecular weight excluding hydrogens is 360 g/mol. The molecule has 0 aliphatic heterocycles. The molecule has 7 heteroatoms. The predicted molar refractivity (Wildman–Crippen MR) is 102 cm³/mol. The van der Waals surface area contributed by atoms with Crippen molar-refractivity contribution in [1.29, 1.82) is 0 Å². The highest BCUT2D eigenvalue weighted by Crippen LogP contribution is 2.35. The van der Waals surface area contributed by atoms with Gasteiger partial charge in [0.2, 0.25) is 0 Å². The normalized spacial score (nSPS) is 12.7. The van der Waals surface area contributed by atoms with E-state index in [1.54, 1.807) is 42.7 Å². The average Bonchev–Trinajstić information content (AvgIpc) is 3.20. The number of nitrogens with zero attached hydrogens (tertiary/aromatic N) is 3. The summed E-state index contributed by atoms with van der Waals surface area (Å²) in [5.41, 5.74) is 4.31. The maximum Gasteiger partial charge on any atom is 0.196 e. The van der Waals surface area contributed by atoms with Crippen LogP contribution >= 0.6 is 11.7 Å². The largest absolute Gasteiger partial charge is 0.379 e. The lowest BCUT2D eigenvalue weighted by Crippen LogP contribution is -2.21. The molecule has 0 bridgehead atoms. The second kappa shape index (κ2) is 6.07. The molecule has 0 unspecified atom stereocenters. The number of ketones is 2. The second-order valence-corrected chi connectivity index (χ2v) is 6.76. The van der Waals surface area contributed by atoms with Crippen LogP contribution in [0.2, 0.25) is 0 Å². The maximum atomic E-state index is 13.0.